The minimum atomic E-state index is -0.655. The van der Waals surface area contributed by atoms with Crippen LogP contribution in [0.1, 0.15) is 90.7 Å². The van der Waals surface area contributed by atoms with Gasteiger partial charge < -0.3 is 27.4 Å². The van der Waals surface area contributed by atoms with Crippen molar-refractivity contribution in [2.24, 2.45) is 10.7 Å². The van der Waals surface area contributed by atoms with E-state index in [9.17, 15) is 15.0 Å². The number of halogens is 1. The third-order valence-electron chi connectivity index (χ3n) is 7.10. The van der Waals surface area contributed by atoms with E-state index in [0.717, 1.165) is 75.3 Å². The second-order valence-corrected chi connectivity index (χ2v) is 10.7. The number of aryl methyl sites for hydroxylation is 3. The van der Waals surface area contributed by atoms with Gasteiger partial charge in [-0.3, -0.25) is 15.1 Å². The van der Waals surface area contributed by atoms with Gasteiger partial charge in [-0.1, -0.05) is 68.1 Å². The number of nitrogens with two attached hydrogens (primary N) is 3. The van der Waals surface area contributed by atoms with Crippen molar-refractivity contribution < 1.29 is 15.0 Å². The Kier molecular flexibility index (Phi) is 12.8. The van der Waals surface area contributed by atoms with Crippen LogP contribution in [0.25, 0.3) is 0 Å². The number of phenols is 1. The minimum Gasteiger partial charge on any atom is -0.508 e. The van der Waals surface area contributed by atoms with Crippen molar-refractivity contribution in [1.29, 1.82) is 0 Å². The van der Waals surface area contributed by atoms with Gasteiger partial charge in [0.05, 0.1) is 6.10 Å². The third kappa shape index (κ3) is 10.2. The summed E-state index contributed by atoms with van der Waals surface area (Å²) in [6, 6.07) is 14.1. The van der Waals surface area contributed by atoms with Gasteiger partial charge in [0.1, 0.15) is 5.75 Å². The first-order valence-corrected chi connectivity index (χ1v) is 14.8. The molecule has 3 rings (SSSR count). The fourth-order valence-corrected chi connectivity index (χ4v) is 4.75. The molecule has 226 valence electrons. The zero-order valence-electron chi connectivity index (χ0n) is 24.2. The first-order chi connectivity index (χ1) is 20.2. The first kappa shape index (κ1) is 32.6. The Morgan fingerprint density at radius 2 is 1.60 bits per heavy atom. The molecule has 0 aliphatic carbocycles. The number of amides is 1. The summed E-state index contributed by atoms with van der Waals surface area (Å²) in [6.45, 7) is 2.47. The van der Waals surface area contributed by atoms with Crippen LogP contribution < -0.4 is 22.5 Å². The number of anilines is 2. The molecule has 11 heteroatoms. The molecule has 0 unspecified atom stereocenters. The third-order valence-corrected chi connectivity index (χ3v) is 7.38. The topological polar surface area (TPSA) is 186 Å². The molecule has 10 nitrogen and oxygen atoms in total. The Morgan fingerprint density at radius 1 is 0.952 bits per heavy atom. The number of guanidine groups is 1. The van der Waals surface area contributed by atoms with Gasteiger partial charge >= 0.3 is 0 Å². The smallest absolute Gasteiger partial charge is 0.280 e. The van der Waals surface area contributed by atoms with Gasteiger partial charge in [-0.05, 0) is 79.3 Å². The van der Waals surface area contributed by atoms with Crippen molar-refractivity contribution >= 4 is 35.1 Å². The molecule has 0 saturated heterocycles. The molecule has 3 aromatic rings. The predicted molar refractivity (Wildman–Crippen MR) is 168 cm³/mol. The van der Waals surface area contributed by atoms with E-state index in [-0.39, 0.29) is 28.4 Å². The summed E-state index contributed by atoms with van der Waals surface area (Å²) in [5, 5.41) is 22.6. The maximum atomic E-state index is 12.3. The van der Waals surface area contributed by atoms with Crippen LogP contribution in [0, 0.1) is 0 Å². The number of carbonyl (C=O) groups is 1. The molecular weight excluding hydrogens is 554 g/mol. The standard InChI is InChI=1S/C31H42ClN7O3/c1-2-22-19-23(16-17-25(22)41)24(40)11-6-4-3-5-9-20-12-14-21(15-13-20)10-7-8-18-36-31(35)39-30(42)26-28(33)38-29(34)27(32)37-26/h12-17,19,24,40-41H,2-11,18H2,1H3,(H4,33,34,38)(H3,35,36,39,42)/t24-/m0/s1. The number of aromatic nitrogens is 2. The van der Waals surface area contributed by atoms with E-state index in [2.05, 4.69) is 44.5 Å². The Labute approximate surface area is 252 Å². The van der Waals surface area contributed by atoms with E-state index in [4.69, 9.17) is 28.8 Å². The monoisotopic (exact) mass is 595 g/mol. The lowest BCUT2D eigenvalue weighted by molar-refractivity contribution is 0.0972. The van der Waals surface area contributed by atoms with Crippen molar-refractivity contribution in [3.63, 3.8) is 0 Å². The second kappa shape index (κ2) is 16.5. The summed E-state index contributed by atoms with van der Waals surface area (Å²) < 4.78 is 0. The molecule has 0 aliphatic rings. The molecule has 1 aromatic heterocycles. The van der Waals surface area contributed by atoms with Crippen LogP contribution in [0.4, 0.5) is 11.6 Å². The molecule has 0 saturated carbocycles. The molecule has 0 bridgehead atoms. The summed E-state index contributed by atoms with van der Waals surface area (Å²) in [5.41, 5.74) is 21.2. The number of hydrogen-bond donors (Lipinski definition) is 6. The molecule has 0 aliphatic heterocycles. The van der Waals surface area contributed by atoms with Crippen LogP contribution in [0.3, 0.4) is 0 Å². The Bertz CT molecular complexity index is 1350. The van der Waals surface area contributed by atoms with Crippen molar-refractivity contribution in [3.8, 4) is 5.75 Å². The zero-order chi connectivity index (χ0) is 30.5. The SMILES string of the molecule is CCc1cc([C@@H](O)CCCCCCc2ccc(CCCCN=C(N)NC(=O)c3nc(Cl)c(N)nc3N)cc2)ccc1O. The van der Waals surface area contributed by atoms with E-state index < -0.39 is 12.0 Å². The van der Waals surface area contributed by atoms with Crippen LogP contribution in [0.5, 0.6) is 5.75 Å². The second-order valence-electron chi connectivity index (χ2n) is 10.3. The first-order valence-electron chi connectivity index (χ1n) is 14.4. The van der Waals surface area contributed by atoms with Gasteiger partial charge in [-0.15, -0.1) is 0 Å². The predicted octanol–water partition coefficient (Wildman–Crippen LogP) is 4.86. The van der Waals surface area contributed by atoms with Crippen molar-refractivity contribution in [3.05, 3.63) is 75.6 Å². The van der Waals surface area contributed by atoms with Crippen LogP contribution in [0.15, 0.2) is 47.5 Å². The Morgan fingerprint density at radius 3 is 2.26 bits per heavy atom. The van der Waals surface area contributed by atoms with Gasteiger partial charge in [0.15, 0.2) is 28.4 Å². The quantitative estimate of drug-likeness (QED) is 0.0816. The molecule has 1 atom stereocenters. The lowest BCUT2D eigenvalue weighted by Gasteiger charge is -2.13. The number of benzene rings is 2. The highest BCUT2D eigenvalue weighted by Crippen LogP contribution is 2.26. The summed E-state index contributed by atoms with van der Waals surface area (Å²) >= 11 is 5.81. The number of nitrogen functional groups attached to an aromatic ring is 2. The fraction of sp³-hybridized carbons (Fsp3) is 0.419. The number of aliphatic imine (C=N–C) groups is 1. The van der Waals surface area contributed by atoms with Crippen LogP contribution in [0.2, 0.25) is 5.15 Å². The summed E-state index contributed by atoms with van der Waals surface area (Å²) in [6.07, 6.45) is 9.04. The number of nitrogens with one attached hydrogen (secondary N) is 1. The number of phenolic OH excluding ortho intramolecular Hbond substituents is 1. The van der Waals surface area contributed by atoms with E-state index in [0.29, 0.717) is 12.3 Å². The van der Waals surface area contributed by atoms with Crippen molar-refractivity contribution in [1.82, 2.24) is 15.3 Å². The van der Waals surface area contributed by atoms with Gasteiger partial charge in [0.25, 0.3) is 5.91 Å². The normalized spacial score (nSPS) is 12.3. The Hall–Kier alpha value is -3.89. The van der Waals surface area contributed by atoms with Crippen molar-refractivity contribution in [2.45, 2.75) is 77.2 Å². The zero-order valence-corrected chi connectivity index (χ0v) is 24.9. The molecule has 1 heterocycles. The van der Waals surface area contributed by atoms with Gasteiger partial charge in [-0.2, -0.15) is 0 Å². The average Bonchev–Trinajstić information content (AvgIpc) is 2.97. The van der Waals surface area contributed by atoms with E-state index in [1.165, 1.54) is 11.1 Å². The fourth-order valence-electron chi connectivity index (χ4n) is 4.62. The van der Waals surface area contributed by atoms with E-state index >= 15 is 0 Å². The summed E-state index contributed by atoms with van der Waals surface area (Å²) in [7, 11) is 0. The van der Waals surface area contributed by atoms with E-state index in [1.54, 1.807) is 6.07 Å². The maximum Gasteiger partial charge on any atom is 0.280 e. The van der Waals surface area contributed by atoms with Crippen molar-refractivity contribution in [2.75, 3.05) is 18.0 Å². The number of hydrogen-bond acceptors (Lipinski definition) is 8. The van der Waals surface area contributed by atoms with Gasteiger partial charge in [-0.25, -0.2) is 9.97 Å². The van der Waals surface area contributed by atoms with E-state index in [1.807, 2.05) is 19.1 Å². The molecule has 2 aromatic carbocycles. The molecule has 9 N–H and O–H groups in total. The largest absolute Gasteiger partial charge is 0.508 e. The number of carbonyl (C=O) groups excluding carboxylic acids is 1. The number of rotatable bonds is 15. The molecule has 1 amide bonds. The maximum absolute atomic E-state index is 12.3. The Balaban J connectivity index is 1.27. The highest BCUT2D eigenvalue weighted by atomic mass is 35.5. The highest BCUT2D eigenvalue weighted by Gasteiger charge is 2.16. The molecule has 0 radical (unpaired) electrons. The summed E-state index contributed by atoms with van der Waals surface area (Å²) in [5.74, 6) is -0.587. The van der Waals surface area contributed by atoms with Gasteiger partial charge in [0, 0.05) is 6.54 Å². The number of aliphatic hydroxyl groups is 1. The van der Waals surface area contributed by atoms with Crippen LogP contribution >= 0.6 is 11.6 Å². The number of nitrogens with zero attached hydrogens (tertiary/aromatic N) is 3. The van der Waals surface area contributed by atoms with Crippen LogP contribution in [-0.4, -0.2) is 38.6 Å². The molecule has 0 spiro atoms. The molecule has 42 heavy (non-hydrogen) atoms. The minimum absolute atomic E-state index is 0.0300. The number of aliphatic hydroxyl groups excluding tert-OH is 1. The average molecular weight is 596 g/mol. The highest BCUT2D eigenvalue weighted by molar-refractivity contribution is 6.31. The summed E-state index contributed by atoms with van der Waals surface area (Å²) in [4.78, 5) is 24.1. The number of aromatic hydroxyl groups is 1. The molecule has 0 fully saturated rings. The molecular formula is C31H42ClN7O3. The lowest BCUT2D eigenvalue weighted by Crippen LogP contribution is -2.38. The van der Waals surface area contributed by atoms with Gasteiger partial charge in [0.2, 0.25) is 0 Å². The number of unbranched alkanes of at least 4 members (excludes halogenated alkanes) is 4. The van der Waals surface area contributed by atoms with Crippen LogP contribution in [-0.2, 0) is 19.3 Å². The lowest BCUT2D eigenvalue weighted by atomic mass is 9.98.